The standard InChI is InChI=1S/C17H26N4/c1-12(2)14-7-8-21(20-14)16-10-13(11-18-6)9-15(19-16)17(3,4)5/h7-10,12,18H,11H2,1-6H3. The molecular formula is C17H26N4. The van der Waals surface area contributed by atoms with Gasteiger partial charge in [-0.1, -0.05) is 34.6 Å². The second-order valence-corrected chi connectivity index (χ2v) is 6.84. The lowest BCUT2D eigenvalue weighted by molar-refractivity contribution is 0.563. The Balaban J connectivity index is 2.48. The molecule has 0 unspecified atom stereocenters. The Bertz CT molecular complexity index is 605. The van der Waals surface area contributed by atoms with E-state index >= 15 is 0 Å². The van der Waals surface area contributed by atoms with Crippen molar-refractivity contribution in [2.75, 3.05) is 7.05 Å². The lowest BCUT2D eigenvalue weighted by Crippen LogP contribution is -2.17. The van der Waals surface area contributed by atoms with Crippen LogP contribution in [0.25, 0.3) is 5.82 Å². The molecule has 2 aromatic rings. The Morgan fingerprint density at radius 2 is 1.95 bits per heavy atom. The second kappa shape index (κ2) is 5.98. The summed E-state index contributed by atoms with van der Waals surface area (Å²) < 4.78 is 1.88. The van der Waals surface area contributed by atoms with E-state index < -0.39 is 0 Å². The average molecular weight is 286 g/mol. The predicted molar refractivity (Wildman–Crippen MR) is 86.9 cm³/mol. The molecule has 0 atom stereocenters. The number of hydrogen-bond acceptors (Lipinski definition) is 3. The summed E-state index contributed by atoms with van der Waals surface area (Å²) in [6.07, 6.45) is 1.99. The summed E-state index contributed by atoms with van der Waals surface area (Å²) >= 11 is 0. The summed E-state index contributed by atoms with van der Waals surface area (Å²) in [6, 6.07) is 6.34. The van der Waals surface area contributed by atoms with Crippen LogP contribution in [-0.4, -0.2) is 21.8 Å². The summed E-state index contributed by atoms with van der Waals surface area (Å²) in [5, 5.41) is 7.85. The first-order chi connectivity index (χ1) is 9.81. The maximum atomic E-state index is 4.80. The Hall–Kier alpha value is -1.68. The van der Waals surface area contributed by atoms with Crippen molar-refractivity contribution in [1.82, 2.24) is 20.1 Å². The highest BCUT2D eigenvalue weighted by molar-refractivity contribution is 5.33. The highest BCUT2D eigenvalue weighted by Crippen LogP contribution is 2.23. The number of rotatable bonds is 4. The Kier molecular flexibility index (Phi) is 4.47. The zero-order valence-corrected chi connectivity index (χ0v) is 13.9. The molecule has 0 saturated heterocycles. The third-order valence-electron chi connectivity index (χ3n) is 3.46. The molecule has 0 amide bonds. The van der Waals surface area contributed by atoms with E-state index in [-0.39, 0.29) is 5.41 Å². The van der Waals surface area contributed by atoms with E-state index in [1.165, 1.54) is 5.56 Å². The summed E-state index contributed by atoms with van der Waals surface area (Å²) in [4.78, 5) is 4.80. The first-order valence-electron chi connectivity index (χ1n) is 7.53. The molecule has 2 heterocycles. The smallest absolute Gasteiger partial charge is 0.153 e. The van der Waals surface area contributed by atoms with Gasteiger partial charge in [-0.15, -0.1) is 0 Å². The van der Waals surface area contributed by atoms with Crippen LogP contribution in [0.2, 0.25) is 0 Å². The maximum absolute atomic E-state index is 4.80. The van der Waals surface area contributed by atoms with Gasteiger partial charge in [-0.05, 0) is 36.7 Å². The van der Waals surface area contributed by atoms with E-state index in [0.717, 1.165) is 23.8 Å². The Labute approximate surface area is 127 Å². The molecule has 0 aliphatic heterocycles. The number of hydrogen-bond donors (Lipinski definition) is 1. The number of nitrogens with one attached hydrogen (secondary N) is 1. The first-order valence-corrected chi connectivity index (χ1v) is 7.53. The van der Waals surface area contributed by atoms with Crippen LogP contribution in [0.1, 0.15) is 57.5 Å². The van der Waals surface area contributed by atoms with Gasteiger partial charge in [0.15, 0.2) is 5.82 Å². The highest BCUT2D eigenvalue weighted by atomic mass is 15.3. The van der Waals surface area contributed by atoms with Crippen LogP contribution >= 0.6 is 0 Å². The highest BCUT2D eigenvalue weighted by Gasteiger charge is 2.18. The number of aromatic nitrogens is 3. The average Bonchev–Trinajstić information content (AvgIpc) is 2.87. The largest absolute Gasteiger partial charge is 0.316 e. The van der Waals surface area contributed by atoms with Crippen LogP contribution in [0.15, 0.2) is 24.4 Å². The molecule has 114 valence electrons. The lowest BCUT2D eigenvalue weighted by atomic mass is 9.90. The van der Waals surface area contributed by atoms with Crippen LogP contribution in [0, 0.1) is 0 Å². The van der Waals surface area contributed by atoms with Crippen LogP contribution in [0.3, 0.4) is 0 Å². The fraction of sp³-hybridized carbons (Fsp3) is 0.529. The molecule has 0 radical (unpaired) electrons. The molecule has 2 aromatic heterocycles. The summed E-state index contributed by atoms with van der Waals surface area (Å²) in [5.41, 5.74) is 3.43. The Morgan fingerprint density at radius 1 is 1.24 bits per heavy atom. The lowest BCUT2D eigenvalue weighted by Gasteiger charge is -2.20. The van der Waals surface area contributed by atoms with Gasteiger partial charge in [-0.2, -0.15) is 5.10 Å². The zero-order valence-electron chi connectivity index (χ0n) is 13.9. The van der Waals surface area contributed by atoms with Crippen molar-refractivity contribution >= 4 is 0 Å². The predicted octanol–water partition coefficient (Wildman–Crippen LogP) is 3.41. The number of pyridine rings is 1. The molecule has 0 aromatic carbocycles. The van der Waals surface area contributed by atoms with Crippen molar-refractivity contribution in [2.24, 2.45) is 0 Å². The van der Waals surface area contributed by atoms with Crippen LogP contribution in [0.4, 0.5) is 0 Å². The fourth-order valence-electron chi connectivity index (χ4n) is 2.15. The van der Waals surface area contributed by atoms with Gasteiger partial charge in [0.2, 0.25) is 0 Å². The van der Waals surface area contributed by atoms with Gasteiger partial charge in [0.1, 0.15) is 0 Å². The molecule has 1 N–H and O–H groups in total. The summed E-state index contributed by atoms with van der Waals surface area (Å²) in [6.45, 7) is 11.7. The summed E-state index contributed by atoms with van der Waals surface area (Å²) in [5.74, 6) is 1.31. The van der Waals surface area contributed by atoms with Gasteiger partial charge >= 0.3 is 0 Å². The molecule has 0 fully saturated rings. The van der Waals surface area contributed by atoms with Crippen molar-refractivity contribution < 1.29 is 0 Å². The normalized spacial score (nSPS) is 12.1. The zero-order chi connectivity index (χ0) is 15.6. The monoisotopic (exact) mass is 286 g/mol. The van der Waals surface area contributed by atoms with Crippen LogP contribution in [-0.2, 0) is 12.0 Å². The van der Waals surface area contributed by atoms with E-state index in [9.17, 15) is 0 Å². The number of nitrogens with zero attached hydrogens (tertiary/aromatic N) is 3. The molecule has 0 bridgehead atoms. The van der Waals surface area contributed by atoms with E-state index in [2.05, 4.69) is 63.2 Å². The molecule has 0 saturated carbocycles. The van der Waals surface area contributed by atoms with Gasteiger partial charge < -0.3 is 5.32 Å². The van der Waals surface area contributed by atoms with E-state index in [0.29, 0.717) is 5.92 Å². The topological polar surface area (TPSA) is 42.7 Å². The van der Waals surface area contributed by atoms with Gasteiger partial charge in [-0.3, -0.25) is 0 Å². The minimum atomic E-state index is 0.0204. The third-order valence-corrected chi connectivity index (χ3v) is 3.46. The molecular weight excluding hydrogens is 260 g/mol. The third kappa shape index (κ3) is 3.70. The minimum absolute atomic E-state index is 0.0204. The summed E-state index contributed by atoms with van der Waals surface area (Å²) in [7, 11) is 1.96. The molecule has 0 spiro atoms. The van der Waals surface area contributed by atoms with Crippen LogP contribution < -0.4 is 5.32 Å². The maximum Gasteiger partial charge on any atom is 0.153 e. The van der Waals surface area contributed by atoms with Crippen LogP contribution in [0.5, 0.6) is 0 Å². The molecule has 2 rings (SSSR count). The van der Waals surface area contributed by atoms with Gasteiger partial charge in [0.05, 0.1) is 5.69 Å². The van der Waals surface area contributed by atoms with Crippen molar-refractivity contribution in [1.29, 1.82) is 0 Å². The van der Waals surface area contributed by atoms with Crippen molar-refractivity contribution in [3.63, 3.8) is 0 Å². The van der Waals surface area contributed by atoms with Gasteiger partial charge in [0.25, 0.3) is 0 Å². The van der Waals surface area contributed by atoms with Gasteiger partial charge in [0, 0.05) is 23.9 Å². The minimum Gasteiger partial charge on any atom is -0.316 e. The Morgan fingerprint density at radius 3 is 2.48 bits per heavy atom. The molecule has 4 nitrogen and oxygen atoms in total. The van der Waals surface area contributed by atoms with Crippen molar-refractivity contribution in [2.45, 2.75) is 52.5 Å². The SMILES string of the molecule is CNCc1cc(-n2ccc(C(C)C)n2)nc(C(C)(C)C)c1. The second-order valence-electron chi connectivity index (χ2n) is 6.84. The molecule has 4 heteroatoms. The van der Waals surface area contributed by atoms with Crippen molar-refractivity contribution in [3.05, 3.63) is 41.3 Å². The quantitative estimate of drug-likeness (QED) is 0.936. The molecule has 0 aliphatic carbocycles. The van der Waals surface area contributed by atoms with E-state index in [1.54, 1.807) is 0 Å². The van der Waals surface area contributed by atoms with E-state index in [4.69, 9.17) is 4.98 Å². The molecule has 21 heavy (non-hydrogen) atoms. The van der Waals surface area contributed by atoms with Gasteiger partial charge in [-0.25, -0.2) is 9.67 Å². The first kappa shape index (κ1) is 15.7. The molecule has 0 aliphatic rings. The van der Waals surface area contributed by atoms with E-state index in [1.807, 2.05) is 17.9 Å². The fourth-order valence-corrected chi connectivity index (χ4v) is 2.15. The van der Waals surface area contributed by atoms with Crippen molar-refractivity contribution in [3.8, 4) is 5.82 Å².